The highest BCUT2D eigenvalue weighted by Gasteiger charge is 2.18. The normalized spacial score (nSPS) is 10.8. The average Bonchev–Trinajstić information content (AvgIpc) is 2.75. The highest BCUT2D eigenvalue weighted by molar-refractivity contribution is 5.89. The van der Waals surface area contributed by atoms with E-state index in [1.807, 2.05) is 18.2 Å². The van der Waals surface area contributed by atoms with Crippen LogP contribution in [0.2, 0.25) is 0 Å². The van der Waals surface area contributed by atoms with Gasteiger partial charge in [0.05, 0.1) is 17.0 Å². The maximum atomic E-state index is 11.2. The van der Waals surface area contributed by atoms with Crippen molar-refractivity contribution in [3.8, 4) is 11.3 Å². The lowest BCUT2D eigenvalue weighted by Crippen LogP contribution is -2.04. The summed E-state index contributed by atoms with van der Waals surface area (Å²) in [5.74, 6) is -1.02. The summed E-state index contributed by atoms with van der Waals surface area (Å²) >= 11 is 0. The van der Waals surface area contributed by atoms with Crippen LogP contribution in [0.4, 0.5) is 0 Å². The molecule has 19 heavy (non-hydrogen) atoms. The van der Waals surface area contributed by atoms with E-state index in [9.17, 15) is 9.90 Å². The minimum absolute atomic E-state index is 0.125. The Bertz CT molecular complexity index is 765. The van der Waals surface area contributed by atoms with Crippen molar-refractivity contribution in [2.75, 3.05) is 0 Å². The Labute approximate surface area is 108 Å². The molecule has 94 valence electrons. The zero-order valence-electron chi connectivity index (χ0n) is 10.1. The van der Waals surface area contributed by atoms with E-state index >= 15 is 0 Å². The fraction of sp³-hybridized carbons (Fsp3) is 0.0769. The van der Waals surface area contributed by atoms with E-state index < -0.39 is 5.97 Å². The third-order valence-corrected chi connectivity index (χ3v) is 2.86. The third kappa shape index (κ3) is 1.74. The van der Waals surface area contributed by atoms with Crippen LogP contribution in [0.15, 0.2) is 36.9 Å². The van der Waals surface area contributed by atoms with E-state index in [4.69, 9.17) is 0 Å². The van der Waals surface area contributed by atoms with Crippen molar-refractivity contribution >= 4 is 11.6 Å². The van der Waals surface area contributed by atoms with Gasteiger partial charge >= 0.3 is 5.97 Å². The number of aromatic carboxylic acids is 1. The van der Waals surface area contributed by atoms with Crippen molar-refractivity contribution in [1.82, 2.24) is 19.4 Å². The van der Waals surface area contributed by atoms with E-state index in [-0.39, 0.29) is 5.69 Å². The molecule has 0 bridgehead atoms. The number of hydrogen-bond donors (Lipinski definition) is 1. The summed E-state index contributed by atoms with van der Waals surface area (Å²) < 4.78 is 1.47. The van der Waals surface area contributed by atoms with Gasteiger partial charge in [0.2, 0.25) is 0 Å². The first kappa shape index (κ1) is 11.3. The van der Waals surface area contributed by atoms with Crippen molar-refractivity contribution in [3.05, 3.63) is 48.3 Å². The van der Waals surface area contributed by atoms with Crippen LogP contribution in [0.3, 0.4) is 0 Å². The second-order valence-corrected chi connectivity index (χ2v) is 4.07. The molecule has 0 aliphatic heterocycles. The lowest BCUT2D eigenvalue weighted by molar-refractivity contribution is 0.0688. The highest BCUT2D eigenvalue weighted by Crippen LogP contribution is 2.22. The van der Waals surface area contributed by atoms with Gasteiger partial charge in [0, 0.05) is 12.4 Å². The molecule has 1 N–H and O–H groups in total. The summed E-state index contributed by atoms with van der Waals surface area (Å²) in [6.07, 6.45) is 4.76. The molecule has 3 aromatic heterocycles. The molecule has 0 saturated carbocycles. The van der Waals surface area contributed by atoms with Gasteiger partial charge in [0.1, 0.15) is 12.0 Å². The topological polar surface area (TPSA) is 80.4 Å². The molecule has 0 amide bonds. The molecule has 0 atom stereocenters. The fourth-order valence-corrected chi connectivity index (χ4v) is 2.04. The van der Waals surface area contributed by atoms with E-state index in [0.717, 1.165) is 0 Å². The summed E-state index contributed by atoms with van der Waals surface area (Å²) in [6, 6.07) is 5.51. The number of imidazole rings is 1. The quantitative estimate of drug-likeness (QED) is 0.754. The number of pyridine rings is 1. The molecule has 3 rings (SSSR count). The first-order valence-corrected chi connectivity index (χ1v) is 5.66. The molecule has 0 saturated heterocycles. The van der Waals surface area contributed by atoms with Crippen LogP contribution >= 0.6 is 0 Å². The van der Waals surface area contributed by atoms with Crippen LogP contribution in [0.5, 0.6) is 0 Å². The largest absolute Gasteiger partial charge is 0.477 e. The van der Waals surface area contributed by atoms with Crippen LogP contribution in [0.25, 0.3) is 16.9 Å². The van der Waals surface area contributed by atoms with Crippen LogP contribution in [0.1, 0.15) is 16.2 Å². The Hall–Kier alpha value is -2.76. The standard InChI is InChI=1S/C13H10N4O2/c1-8-11(13(18)19)17-7-14-6-9(12(17)16-8)10-4-2-3-5-15-10/h2-7H,1H3,(H,18,19). The van der Waals surface area contributed by atoms with Crippen molar-refractivity contribution < 1.29 is 9.90 Å². The number of aromatic nitrogens is 4. The fourth-order valence-electron chi connectivity index (χ4n) is 2.04. The molecule has 0 fully saturated rings. The van der Waals surface area contributed by atoms with Gasteiger partial charge in [0.15, 0.2) is 5.69 Å². The van der Waals surface area contributed by atoms with Gasteiger partial charge in [-0.15, -0.1) is 0 Å². The van der Waals surface area contributed by atoms with Gasteiger partial charge in [-0.25, -0.2) is 14.8 Å². The predicted octanol–water partition coefficient (Wildman–Crippen LogP) is 1.80. The molecule has 3 heterocycles. The number of rotatable bonds is 2. The molecular formula is C13H10N4O2. The van der Waals surface area contributed by atoms with Crippen LogP contribution in [-0.4, -0.2) is 30.4 Å². The molecule has 0 radical (unpaired) electrons. The number of fused-ring (bicyclic) bond motifs is 1. The Balaban J connectivity index is 2.34. The van der Waals surface area contributed by atoms with Gasteiger partial charge in [0.25, 0.3) is 0 Å². The smallest absolute Gasteiger partial charge is 0.354 e. The summed E-state index contributed by atoms with van der Waals surface area (Å²) in [5.41, 5.74) is 2.54. The summed E-state index contributed by atoms with van der Waals surface area (Å²) in [6.45, 7) is 1.67. The van der Waals surface area contributed by atoms with Crippen LogP contribution in [-0.2, 0) is 0 Å². The lowest BCUT2D eigenvalue weighted by atomic mass is 10.2. The zero-order valence-corrected chi connectivity index (χ0v) is 10.1. The zero-order chi connectivity index (χ0) is 13.4. The summed E-state index contributed by atoms with van der Waals surface area (Å²) in [4.78, 5) is 23.9. The lowest BCUT2D eigenvalue weighted by Gasteiger charge is -2.02. The Kier molecular flexibility index (Phi) is 2.49. The molecular weight excluding hydrogens is 244 g/mol. The average molecular weight is 254 g/mol. The number of carbonyl (C=O) groups is 1. The van der Waals surface area contributed by atoms with Crippen molar-refractivity contribution in [2.45, 2.75) is 6.92 Å². The predicted molar refractivity (Wildman–Crippen MR) is 67.9 cm³/mol. The van der Waals surface area contributed by atoms with Gasteiger partial charge in [-0.3, -0.25) is 9.38 Å². The van der Waals surface area contributed by atoms with Crippen LogP contribution in [0, 0.1) is 6.92 Å². The second kappa shape index (κ2) is 4.16. The Morgan fingerprint density at radius 3 is 2.89 bits per heavy atom. The van der Waals surface area contributed by atoms with E-state index in [1.54, 1.807) is 19.3 Å². The Morgan fingerprint density at radius 1 is 1.37 bits per heavy atom. The summed E-state index contributed by atoms with van der Waals surface area (Å²) in [5, 5.41) is 9.21. The molecule has 0 aliphatic carbocycles. The Morgan fingerprint density at radius 2 is 2.21 bits per heavy atom. The second-order valence-electron chi connectivity index (χ2n) is 4.07. The van der Waals surface area contributed by atoms with E-state index in [0.29, 0.717) is 22.6 Å². The molecule has 0 unspecified atom stereocenters. The van der Waals surface area contributed by atoms with E-state index in [1.165, 1.54) is 10.7 Å². The summed E-state index contributed by atoms with van der Waals surface area (Å²) in [7, 11) is 0. The van der Waals surface area contributed by atoms with Crippen molar-refractivity contribution in [3.63, 3.8) is 0 Å². The molecule has 6 nitrogen and oxygen atoms in total. The van der Waals surface area contributed by atoms with Gasteiger partial charge < -0.3 is 5.11 Å². The van der Waals surface area contributed by atoms with Gasteiger partial charge in [-0.2, -0.15) is 0 Å². The number of hydrogen-bond acceptors (Lipinski definition) is 4. The third-order valence-electron chi connectivity index (χ3n) is 2.86. The monoisotopic (exact) mass is 254 g/mol. The van der Waals surface area contributed by atoms with E-state index in [2.05, 4.69) is 15.0 Å². The number of nitrogens with zero attached hydrogens (tertiary/aromatic N) is 4. The van der Waals surface area contributed by atoms with Crippen molar-refractivity contribution in [1.29, 1.82) is 0 Å². The molecule has 0 aliphatic rings. The van der Waals surface area contributed by atoms with Crippen molar-refractivity contribution in [2.24, 2.45) is 0 Å². The minimum Gasteiger partial charge on any atom is -0.477 e. The molecule has 0 spiro atoms. The maximum Gasteiger partial charge on any atom is 0.354 e. The number of carboxylic acids is 1. The number of aryl methyl sites for hydroxylation is 1. The number of carboxylic acid groups (broad SMARTS) is 1. The SMILES string of the molecule is Cc1nc2c(-c3ccccn3)cncn2c1C(=O)O. The van der Waals surface area contributed by atoms with Crippen LogP contribution < -0.4 is 0 Å². The molecule has 6 heteroatoms. The molecule has 0 aromatic carbocycles. The highest BCUT2D eigenvalue weighted by atomic mass is 16.4. The first-order chi connectivity index (χ1) is 9.18. The maximum absolute atomic E-state index is 11.2. The first-order valence-electron chi connectivity index (χ1n) is 5.66. The van der Waals surface area contributed by atoms with Gasteiger partial charge in [-0.1, -0.05) is 6.07 Å². The minimum atomic E-state index is -1.02. The molecule has 3 aromatic rings. The van der Waals surface area contributed by atoms with Gasteiger partial charge in [-0.05, 0) is 19.1 Å².